The normalized spacial score (nSPS) is 11.2. The second-order valence-electron chi connectivity index (χ2n) is 4.92. The van der Waals surface area contributed by atoms with E-state index in [2.05, 4.69) is 36.0 Å². The van der Waals surface area contributed by atoms with Gasteiger partial charge in [0.05, 0.1) is 12.3 Å². The Hall–Kier alpha value is -1.07. The summed E-state index contributed by atoms with van der Waals surface area (Å²) < 4.78 is 10.9. The van der Waals surface area contributed by atoms with E-state index in [9.17, 15) is 0 Å². The van der Waals surface area contributed by atoms with Gasteiger partial charge in [-0.15, -0.1) is 0 Å². The van der Waals surface area contributed by atoms with E-state index in [1.807, 2.05) is 6.92 Å². The first-order valence-electron chi connectivity index (χ1n) is 7.15. The highest BCUT2D eigenvalue weighted by Gasteiger charge is 2.11. The van der Waals surface area contributed by atoms with Crippen molar-refractivity contribution in [3.05, 3.63) is 12.0 Å². The number of hydrogen-bond acceptors (Lipinski definition) is 5. The second kappa shape index (κ2) is 8.93. The predicted octanol–water partition coefficient (Wildman–Crippen LogP) is 2.28. The van der Waals surface area contributed by atoms with E-state index in [1.54, 1.807) is 6.26 Å². The summed E-state index contributed by atoms with van der Waals surface area (Å²) in [7, 11) is 0. The number of hydrogen-bond donors (Lipinski definition) is 1. The van der Waals surface area contributed by atoms with Crippen LogP contribution in [0.3, 0.4) is 0 Å². The van der Waals surface area contributed by atoms with Gasteiger partial charge in [-0.1, -0.05) is 13.8 Å². The molecule has 1 heterocycles. The van der Waals surface area contributed by atoms with E-state index in [0.717, 1.165) is 38.5 Å². The van der Waals surface area contributed by atoms with Crippen molar-refractivity contribution in [1.29, 1.82) is 0 Å². The molecule has 0 amide bonds. The van der Waals surface area contributed by atoms with E-state index in [-0.39, 0.29) is 0 Å². The van der Waals surface area contributed by atoms with Gasteiger partial charge >= 0.3 is 0 Å². The maximum absolute atomic E-state index is 5.53. The molecule has 0 fully saturated rings. The van der Waals surface area contributed by atoms with Gasteiger partial charge < -0.3 is 19.4 Å². The highest BCUT2D eigenvalue weighted by Crippen LogP contribution is 2.13. The molecule has 5 heteroatoms. The SMILES string of the molecule is CCOCCN(CC)c1nc(CNCC(C)C)co1. The summed E-state index contributed by atoms with van der Waals surface area (Å²) in [5.74, 6) is 0.643. The van der Waals surface area contributed by atoms with Crippen molar-refractivity contribution in [3.8, 4) is 0 Å². The van der Waals surface area contributed by atoms with Gasteiger partial charge in [0.15, 0.2) is 0 Å². The zero-order valence-electron chi connectivity index (χ0n) is 12.6. The highest BCUT2D eigenvalue weighted by atomic mass is 16.5. The van der Waals surface area contributed by atoms with Crippen molar-refractivity contribution in [2.45, 2.75) is 34.2 Å². The van der Waals surface area contributed by atoms with E-state index < -0.39 is 0 Å². The summed E-state index contributed by atoms with van der Waals surface area (Å²) in [6.07, 6.45) is 1.73. The largest absolute Gasteiger partial charge is 0.432 e. The van der Waals surface area contributed by atoms with Crippen LogP contribution in [0.2, 0.25) is 0 Å². The van der Waals surface area contributed by atoms with E-state index in [0.29, 0.717) is 18.5 Å². The molecule has 1 aromatic heterocycles. The molecule has 0 spiro atoms. The maximum atomic E-state index is 5.53. The Balaban J connectivity index is 2.42. The molecule has 0 aliphatic heterocycles. The first-order chi connectivity index (χ1) is 9.17. The van der Waals surface area contributed by atoms with Crippen LogP contribution in [0.15, 0.2) is 10.7 Å². The summed E-state index contributed by atoms with van der Waals surface area (Å²) in [6.45, 7) is 13.3. The quantitative estimate of drug-likeness (QED) is 0.660. The Bertz CT molecular complexity index is 339. The molecular weight excluding hydrogens is 242 g/mol. The third-order valence-electron chi connectivity index (χ3n) is 2.76. The first kappa shape index (κ1) is 16.0. The van der Waals surface area contributed by atoms with Gasteiger partial charge in [0.2, 0.25) is 0 Å². The average Bonchev–Trinajstić information content (AvgIpc) is 2.83. The van der Waals surface area contributed by atoms with E-state index >= 15 is 0 Å². The fourth-order valence-electron chi connectivity index (χ4n) is 1.72. The first-order valence-corrected chi connectivity index (χ1v) is 7.15. The van der Waals surface area contributed by atoms with Gasteiger partial charge in [-0.2, -0.15) is 4.98 Å². The molecule has 0 bridgehead atoms. The Kier molecular flexibility index (Phi) is 7.52. The van der Waals surface area contributed by atoms with Crippen molar-refractivity contribution >= 4 is 6.01 Å². The van der Waals surface area contributed by atoms with Crippen molar-refractivity contribution < 1.29 is 9.15 Å². The number of likely N-dealkylation sites (N-methyl/N-ethyl adjacent to an activating group) is 1. The molecule has 0 aromatic carbocycles. The molecule has 0 atom stereocenters. The van der Waals surface area contributed by atoms with Gasteiger partial charge in [0, 0.05) is 26.2 Å². The monoisotopic (exact) mass is 269 g/mol. The smallest absolute Gasteiger partial charge is 0.297 e. The standard InChI is InChI=1S/C14H27N3O2/c1-5-17(7-8-18-6-2)14-16-13(11-19-14)10-15-9-12(3)4/h11-12,15H,5-10H2,1-4H3. The van der Waals surface area contributed by atoms with Gasteiger partial charge in [-0.3, -0.25) is 0 Å². The molecule has 0 saturated heterocycles. The minimum Gasteiger partial charge on any atom is -0.432 e. The molecule has 0 saturated carbocycles. The van der Waals surface area contributed by atoms with E-state index in [1.165, 1.54) is 0 Å². The van der Waals surface area contributed by atoms with Gasteiger partial charge in [0.25, 0.3) is 6.01 Å². The van der Waals surface area contributed by atoms with Crippen LogP contribution in [0.1, 0.15) is 33.4 Å². The van der Waals surface area contributed by atoms with Crippen LogP contribution in [0.5, 0.6) is 0 Å². The molecule has 19 heavy (non-hydrogen) atoms. The zero-order chi connectivity index (χ0) is 14.1. The number of aromatic nitrogens is 1. The molecule has 0 aliphatic rings. The molecule has 1 aromatic rings. The van der Waals surface area contributed by atoms with Crippen molar-refractivity contribution in [3.63, 3.8) is 0 Å². The molecule has 0 radical (unpaired) electrons. The van der Waals surface area contributed by atoms with Gasteiger partial charge in [-0.25, -0.2) is 0 Å². The molecule has 0 unspecified atom stereocenters. The van der Waals surface area contributed by atoms with Crippen LogP contribution in [0, 0.1) is 5.92 Å². The number of oxazole rings is 1. The Labute approximate surface area is 116 Å². The predicted molar refractivity (Wildman–Crippen MR) is 77.4 cm³/mol. The highest BCUT2D eigenvalue weighted by molar-refractivity contribution is 5.26. The Morgan fingerprint density at radius 3 is 2.84 bits per heavy atom. The maximum Gasteiger partial charge on any atom is 0.297 e. The van der Waals surface area contributed by atoms with Crippen LogP contribution < -0.4 is 10.2 Å². The van der Waals surface area contributed by atoms with Crippen molar-refractivity contribution in [2.75, 3.05) is 37.7 Å². The fraction of sp³-hybridized carbons (Fsp3) is 0.786. The lowest BCUT2D eigenvalue weighted by Gasteiger charge is -2.17. The Morgan fingerprint density at radius 2 is 2.21 bits per heavy atom. The minimum absolute atomic E-state index is 0.643. The van der Waals surface area contributed by atoms with Crippen molar-refractivity contribution in [1.82, 2.24) is 10.3 Å². The van der Waals surface area contributed by atoms with Crippen molar-refractivity contribution in [2.24, 2.45) is 5.92 Å². The molecule has 0 aliphatic carbocycles. The number of ether oxygens (including phenoxy) is 1. The molecule has 1 N–H and O–H groups in total. The fourth-order valence-corrected chi connectivity index (χ4v) is 1.72. The lowest BCUT2D eigenvalue weighted by atomic mass is 10.2. The minimum atomic E-state index is 0.643. The van der Waals surface area contributed by atoms with Crippen LogP contribution in [0.25, 0.3) is 0 Å². The summed E-state index contributed by atoms with van der Waals surface area (Å²) >= 11 is 0. The van der Waals surface area contributed by atoms with Crippen LogP contribution in [0.4, 0.5) is 6.01 Å². The number of anilines is 1. The number of nitrogens with one attached hydrogen (secondary N) is 1. The Morgan fingerprint density at radius 1 is 1.42 bits per heavy atom. The second-order valence-corrected chi connectivity index (χ2v) is 4.92. The van der Waals surface area contributed by atoms with Crippen LogP contribution in [-0.2, 0) is 11.3 Å². The van der Waals surface area contributed by atoms with Crippen LogP contribution in [-0.4, -0.2) is 37.8 Å². The average molecular weight is 269 g/mol. The third-order valence-corrected chi connectivity index (χ3v) is 2.76. The zero-order valence-corrected chi connectivity index (χ0v) is 12.6. The van der Waals surface area contributed by atoms with Gasteiger partial charge in [0.1, 0.15) is 6.26 Å². The van der Waals surface area contributed by atoms with E-state index in [4.69, 9.17) is 9.15 Å². The summed E-state index contributed by atoms with van der Waals surface area (Å²) in [4.78, 5) is 6.58. The lowest BCUT2D eigenvalue weighted by molar-refractivity contribution is 0.153. The number of rotatable bonds is 10. The summed E-state index contributed by atoms with van der Waals surface area (Å²) in [5.41, 5.74) is 0.950. The van der Waals surface area contributed by atoms with Gasteiger partial charge in [-0.05, 0) is 26.3 Å². The van der Waals surface area contributed by atoms with Crippen LogP contribution >= 0.6 is 0 Å². The number of nitrogens with zero attached hydrogens (tertiary/aromatic N) is 2. The topological polar surface area (TPSA) is 50.5 Å². The lowest BCUT2D eigenvalue weighted by Crippen LogP contribution is -2.27. The molecular formula is C14H27N3O2. The molecule has 1 rings (SSSR count). The molecule has 5 nitrogen and oxygen atoms in total. The summed E-state index contributed by atoms with van der Waals surface area (Å²) in [5, 5.41) is 3.36. The molecule has 110 valence electrons. The summed E-state index contributed by atoms with van der Waals surface area (Å²) in [6, 6.07) is 0.684. The third kappa shape index (κ3) is 6.07.